The minimum Gasteiger partial charge on any atom is -0.395 e. The topological polar surface area (TPSA) is 190 Å². The first kappa shape index (κ1) is 52.8. The Labute approximate surface area is 342 Å². The van der Waals surface area contributed by atoms with Crippen molar-refractivity contribution in [3.63, 3.8) is 0 Å². The van der Waals surface area contributed by atoms with E-state index >= 15 is 0 Å². The highest BCUT2D eigenvalue weighted by molar-refractivity contribution is 5.82. The Kier molecular flexibility index (Phi) is 31.7. The van der Waals surface area contributed by atoms with Gasteiger partial charge in [-0.15, -0.1) is 0 Å². The van der Waals surface area contributed by atoms with Crippen LogP contribution in [0.3, 0.4) is 0 Å². The van der Waals surface area contributed by atoms with Crippen LogP contribution in [-0.2, 0) is 4.79 Å². The van der Waals surface area contributed by atoms with Gasteiger partial charge in [0.05, 0.1) is 25.3 Å². The second kappa shape index (κ2) is 33.6. The first-order valence-corrected chi connectivity index (χ1v) is 22.9. The minimum atomic E-state index is -1.19. The standard InChI is InChI=1S/C44H90N6O6/c1-7-8-9-10-11-12-13-14-15-16-17-18-22-27-40(53)50-41(33(2)3)44(56)48-37(29-36-24-20-19-21-25-36)30-46-38(26-23-28-45-34(4)5)42(54)49-39(32-52)43(55)47-35(6)31-51/h19-20,33-43,45-47,49-55H,7-18,21-32H2,1-6H3,(H,48,56). The van der Waals surface area contributed by atoms with Crippen molar-refractivity contribution in [3.05, 3.63) is 12.2 Å². The van der Waals surface area contributed by atoms with Crippen molar-refractivity contribution < 1.29 is 30.3 Å². The van der Waals surface area contributed by atoms with Crippen molar-refractivity contribution in [2.45, 2.75) is 225 Å². The monoisotopic (exact) mass is 799 g/mol. The molecular weight excluding hydrogens is 709 g/mol. The van der Waals surface area contributed by atoms with Gasteiger partial charge in [-0.2, -0.15) is 0 Å². The summed E-state index contributed by atoms with van der Waals surface area (Å²) in [6.45, 7) is 12.7. The number of unbranched alkanes of at least 4 members (excludes halogenated alkanes) is 12. The summed E-state index contributed by atoms with van der Waals surface area (Å²) in [7, 11) is 0. The zero-order valence-electron chi connectivity index (χ0n) is 36.6. The molecule has 1 aliphatic rings. The summed E-state index contributed by atoms with van der Waals surface area (Å²) in [5.41, 5.74) is 0. The van der Waals surface area contributed by atoms with E-state index in [-0.39, 0.29) is 24.5 Å². The van der Waals surface area contributed by atoms with E-state index in [4.69, 9.17) is 0 Å². The summed E-state index contributed by atoms with van der Waals surface area (Å²) in [5, 5.41) is 71.8. The molecule has 0 radical (unpaired) electrons. The van der Waals surface area contributed by atoms with Crippen molar-refractivity contribution >= 4 is 5.91 Å². The molecule has 0 heterocycles. The van der Waals surface area contributed by atoms with Gasteiger partial charge in [0.2, 0.25) is 5.91 Å². The van der Waals surface area contributed by atoms with Gasteiger partial charge in [0.25, 0.3) is 0 Å². The predicted octanol–water partition coefficient (Wildman–Crippen LogP) is 4.93. The van der Waals surface area contributed by atoms with Gasteiger partial charge < -0.3 is 41.5 Å². The Morgan fingerprint density at radius 3 is 1.84 bits per heavy atom. The fraction of sp³-hybridized carbons (Fsp3) is 0.932. The van der Waals surface area contributed by atoms with Gasteiger partial charge in [0.15, 0.2) is 0 Å². The van der Waals surface area contributed by atoms with Gasteiger partial charge in [-0.05, 0) is 76.7 Å². The summed E-state index contributed by atoms with van der Waals surface area (Å²) in [5.74, 6) is 0.258. The largest absolute Gasteiger partial charge is 0.395 e. The highest BCUT2D eigenvalue weighted by atomic mass is 16.3. The molecule has 1 aliphatic carbocycles. The molecule has 11 N–H and O–H groups in total. The zero-order chi connectivity index (χ0) is 41.6. The highest BCUT2D eigenvalue weighted by Crippen LogP contribution is 2.23. The molecule has 0 fully saturated rings. The predicted molar refractivity (Wildman–Crippen MR) is 231 cm³/mol. The van der Waals surface area contributed by atoms with Gasteiger partial charge in [-0.1, -0.05) is 124 Å². The highest BCUT2D eigenvalue weighted by Gasteiger charge is 2.30. The number of hydrogen-bond acceptors (Lipinski definition) is 11. The molecule has 1 rings (SSSR count). The third-order valence-electron chi connectivity index (χ3n) is 11.2. The van der Waals surface area contributed by atoms with E-state index in [2.05, 4.69) is 64.8 Å². The number of nitrogens with one attached hydrogen (secondary N) is 6. The average Bonchev–Trinajstić information content (AvgIpc) is 3.17. The van der Waals surface area contributed by atoms with Crippen molar-refractivity contribution in [1.82, 2.24) is 31.9 Å². The van der Waals surface area contributed by atoms with E-state index in [0.717, 1.165) is 51.5 Å². The maximum atomic E-state index is 13.9. The lowest BCUT2D eigenvalue weighted by molar-refractivity contribution is -0.126. The van der Waals surface area contributed by atoms with Gasteiger partial charge >= 0.3 is 0 Å². The number of rotatable bonds is 37. The van der Waals surface area contributed by atoms with Gasteiger partial charge in [-0.3, -0.25) is 20.7 Å². The van der Waals surface area contributed by atoms with Gasteiger partial charge in [0.1, 0.15) is 18.7 Å². The maximum Gasteiger partial charge on any atom is 0.237 e. The lowest BCUT2D eigenvalue weighted by atomic mass is 9.88. The zero-order valence-corrected chi connectivity index (χ0v) is 36.6. The first-order valence-electron chi connectivity index (χ1n) is 22.9. The SMILES string of the molecule is CCCCCCCCCCCCCCCC(O)NC(C(=O)NC(CNC(CCCNC(C)C)C(O)NC(CO)C(O)NC(C)CO)CC1CC=CCC1)C(C)C. The van der Waals surface area contributed by atoms with Crippen LogP contribution in [0.5, 0.6) is 0 Å². The Morgan fingerprint density at radius 2 is 1.30 bits per heavy atom. The Balaban J connectivity index is 2.81. The molecule has 12 heteroatoms. The van der Waals surface area contributed by atoms with Crippen LogP contribution >= 0.6 is 0 Å². The number of hydrogen-bond donors (Lipinski definition) is 11. The third-order valence-corrected chi connectivity index (χ3v) is 11.2. The number of aliphatic hydroxyl groups is 5. The van der Waals surface area contributed by atoms with E-state index in [1.165, 1.54) is 70.6 Å². The van der Waals surface area contributed by atoms with Crippen LogP contribution in [0.25, 0.3) is 0 Å². The average molecular weight is 799 g/mol. The molecule has 0 saturated heterocycles. The number of carbonyl (C=O) groups is 1. The number of aliphatic hydroxyl groups excluding tert-OH is 5. The minimum absolute atomic E-state index is 0.0289. The fourth-order valence-electron chi connectivity index (χ4n) is 7.59. The fourth-order valence-corrected chi connectivity index (χ4v) is 7.59. The Morgan fingerprint density at radius 1 is 0.696 bits per heavy atom. The molecule has 332 valence electrons. The van der Waals surface area contributed by atoms with Gasteiger partial charge in [0, 0.05) is 30.7 Å². The Bertz CT molecular complexity index is 961. The van der Waals surface area contributed by atoms with Crippen LogP contribution in [0.15, 0.2) is 12.2 Å². The van der Waals surface area contributed by atoms with Gasteiger partial charge in [-0.25, -0.2) is 0 Å². The second-order valence-corrected chi connectivity index (χ2v) is 17.4. The third kappa shape index (κ3) is 26.0. The molecule has 0 aromatic rings. The van der Waals surface area contributed by atoms with Crippen LogP contribution in [0.4, 0.5) is 0 Å². The molecule has 0 saturated carbocycles. The second-order valence-electron chi connectivity index (χ2n) is 17.4. The van der Waals surface area contributed by atoms with E-state index in [1.807, 2.05) is 13.8 Å². The summed E-state index contributed by atoms with van der Waals surface area (Å²) in [6, 6.07) is -2.13. The summed E-state index contributed by atoms with van der Waals surface area (Å²) >= 11 is 0. The van der Waals surface area contributed by atoms with E-state index < -0.39 is 49.5 Å². The first-order chi connectivity index (χ1) is 26.9. The van der Waals surface area contributed by atoms with Crippen molar-refractivity contribution in [1.29, 1.82) is 0 Å². The molecule has 0 bridgehead atoms. The van der Waals surface area contributed by atoms with E-state index in [1.54, 1.807) is 6.92 Å². The van der Waals surface area contributed by atoms with Crippen molar-refractivity contribution in [2.24, 2.45) is 11.8 Å². The molecule has 1 amide bonds. The summed E-state index contributed by atoms with van der Waals surface area (Å²) < 4.78 is 0. The molecule has 0 aromatic carbocycles. The van der Waals surface area contributed by atoms with E-state index in [9.17, 15) is 30.3 Å². The molecule has 12 nitrogen and oxygen atoms in total. The summed E-state index contributed by atoms with van der Waals surface area (Å²) in [6.07, 6.45) is 23.8. The Hall–Kier alpha value is -1.19. The number of allylic oxidation sites excluding steroid dienone is 2. The van der Waals surface area contributed by atoms with Crippen molar-refractivity contribution in [3.8, 4) is 0 Å². The quantitative estimate of drug-likeness (QED) is 0.0233. The van der Waals surface area contributed by atoms with Crippen LogP contribution < -0.4 is 31.9 Å². The lowest BCUT2D eigenvalue weighted by Crippen LogP contribution is -2.61. The van der Waals surface area contributed by atoms with E-state index in [0.29, 0.717) is 31.3 Å². The number of amides is 1. The van der Waals surface area contributed by atoms with Crippen molar-refractivity contribution in [2.75, 3.05) is 26.3 Å². The van der Waals surface area contributed by atoms with Crippen LogP contribution in [-0.4, -0.2) is 113 Å². The smallest absolute Gasteiger partial charge is 0.237 e. The van der Waals surface area contributed by atoms with Crippen LogP contribution in [0.1, 0.15) is 170 Å². The maximum absolute atomic E-state index is 13.9. The molecule has 9 unspecified atom stereocenters. The summed E-state index contributed by atoms with van der Waals surface area (Å²) in [4.78, 5) is 13.9. The molecule has 0 spiro atoms. The van der Waals surface area contributed by atoms with Crippen LogP contribution in [0.2, 0.25) is 0 Å². The van der Waals surface area contributed by atoms with Crippen LogP contribution in [0, 0.1) is 11.8 Å². The molecular formula is C44H90N6O6. The molecule has 0 aliphatic heterocycles. The lowest BCUT2D eigenvalue weighted by Gasteiger charge is -2.34. The number of carbonyl (C=O) groups excluding carboxylic acids is 1. The molecule has 0 aromatic heterocycles. The normalized spacial score (nSPS) is 19.1. The molecule has 9 atom stereocenters. The molecule has 56 heavy (non-hydrogen) atoms.